The van der Waals surface area contributed by atoms with Gasteiger partial charge in [0.2, 0.25) is 0 Å². The second-order valence-electron chi connectivity index (χ2n) is 12.7. The third kappa shape index (κ3) is 12.6. The minimum absolute atomic E-state index is 0.0812. The van der Waals surface area contributed by atoms with Crippen molar-refractivity contribution < 1.29 is 105 Å². The normalized spacial score (nSPS) is 14.1. The lowest BCUT2D eigenvalue weighted by Crippen LogP contribution is -2.24. The van der Waals surface area contributed by atoms with Crippen molar-refractivity contribution in [2.75, 3.05) is 12.3 Å². The zero-order chi connectivity index (χ0) is 46.7. The molecule has 61 heavy (non-hydrogen) atoms. The Bertz CT molecular complexity index is 1760. The van der Waals surface area contributed by atoms with Gasteiger partial charge in [0.1, 0.15) is 0 Å². The fourth-order valence-electron chi connectivity index (χ4n) is 5.58. The van der Waals surface area contributed by atoms with Crippen molar-refractivity contribution in [1.29, 1.82) is 0 Å². The second-order valence-corrected chi connectivity index (χ2v) is 17.4. The Labute approximate surface area is 328 Å². The minimum Gasteiger partial charge on any atom is -0.166 e. The Morgan fingerprint density at radius 1 is 0.230 bits per heavy atom. The molecule has 4 aromatic carbocycles. The van der Waals surface area contributed by atoms with Crippen LogP contribution in [0.3, 0.4) is 0 Å². The van der Waals surface area contributed by atoms with E-state index in [9.17, 15) is 105 Å². The molecule has 336 valence electrons. The van der Waals surface area contributed by atoms with Crippen LogP contribution in [-0.4, -0.2) is 12.3 Å². The summed E-state index contributed by atoms with van der Waals surface area (Å²) in [5.41, 5.74) is -17.1. The van der Waals surface area contributed by atoms with Gasteiger partial charge >= 0.3 is 49.4 Å². The van der Waals surface area contributed by atoms with E-state index in [0.29, 0.717) is 0 Å². The molecule has 0 unspecified atom stereocenters. The molecule has 0 saturated heterocycles. The van der Waals surface area contributed by atoms with Crippen LogP contribution in [0, 0.1) is 0 Å². The molecule has 0 aliphatic heterocycles. The highest BCUT2D eigenvalue weighted by Gasteiger charge is 2.43. The third-order valence-corrected chi connectivity index (χ3v) is 13.4. The Kier molecular flexibility index (Phi) is 13.6. The van der Waals surface area contributed by atoms with Crippen LogP contribution in [-0.2, 0) is 49.4 Å². The van der Waals surface area contributed by atoms with E-state index in [0.717, 1.165) is 0 Å². The van der Waals surface area contributed by atoms with Gasteiger partial charge in [-0.05, 0) is 129 Å². The lowest BCUT2D eigenvalue weighted by atomic mass is 10.1. The fourth-order valence-corrected chi connectivity index (χ4v) is 10.8. The Morgan fingerprint density at radius 2 is 0.361 bits per heavy atom. The van der Waals surface area contributed by atoms with E-state index in [4.69, 9.17) is 0 Å². The van der Waals surface area contributed by atoms with E-state index in [1.54, 1.807) is 0 Å². The predicted octanol–water partition coefficient (Wildman–Crippen LogP) is 13.8. The van der Waals surface area contributed by atoms with Crippen molar-refractivity contribution in [2.24, 2.45) is 0 Å². The highest BCUT2D eigenvalue weighted by Crippen LogP contribution is 2.47. The van der Waals surface area contributed by atoms with Gasteiger partial charge in [-0.3, -0.25) is 0 Å². The van der Waals surface area contributed by atoms with Crippen LogP contribution in [0.15, 0.2) is 72.8 Å². The molecule has 0 heterocycles. The molecular weight excluding hydrogens is 938 g/mol. The molecule has 0 atom stereocenters. The standard InChI is InChI=1S/C35H18F24P2/c36-28(37,38)16-4-17(29(39,40)41)9-24(8-16)60(25-10-18(30(42,43)44)5-19(11-25)31(45,46)47)2-1-3-61(26-12-20(32(48,49)50)6-21(13-26)33(51,52)53)27-14-22(34(54,55)56)7-23(15-27)35(57,58)59/h4-15H,1-3H2. The van der Waals surface area contributed by atoms with Gasteiger partial charge in [-0.15, -0.1) is 0 Å². The molecule has 0 amide bonds. The number of rotatable bonds is 8. The molecule has 0 radical (unpaired) electrons. The first-order valence-corrected chi connectivity index (χ1v) is 19.0. The molecule has 0 bridgehead atoms. The third-order valence-electron chi connectivity index (χ3n) is 8.30. The monoisotopic (exact) mass is 956 g/mol. The van der Waals surface area contributed by atoms with E-state index in [1.807, 2.05) is 0 Å². The summed E-state index contributed by atoms with van der Waals surface area (Å²) in [5.74, 6) is 0. The van der Waals surface area contributed by atoms with E-state index in [2.05, 4.69) is 0 Å². The van der Waals surface area contributed by atoms with Gasteiger partial charge < -0.3 is 0 Å². The Morgan fingerprint density at radius 3 is 0.475 bits per heavy atom. The molecule has 26 heteroatoms. The summed E-state index contributed by atoms with van der Waals surface area (Å²) in [6.45, 7) is 0. The molecule has 4 rings (SSSR count). The first kappa shape index (κ1) is 49.7. The lowest BCUT2D eigenvalue weighted by Gasteiger charge is -2.26. The molecule has 0 aliphatic rings. The van der Waals surface area contributed by atoms with Crippen LogP contribution in [0.4, 0.5) is 105 Å². The number of hydrogen-bond acceptors (Lipinski definition) is 0. The first-order valence-electron chi connectivity index (χ1n) is 16.0. The van der Waals surface area contributed by atoms with Crippen LogP contribution >= 0.6 is 15.8 Å². The molecule has 0 nitrogen and oxygen atoms in total. The maximum absolute atomic E-state index is 13.9. The number of alkyl halides is 24. The Balaban J connectivity index is 2.05. The zero-order valence-electron chi connectivity index (χ0n) is 29.0. The summed E-state index contributed by atoms with van der Waals surface area (Å²) >= 11 is 0. The van der Waals surface area contributed by atoms with Crippen LogP contribution in [0.5, 0.6) is 0 Å². The van der Waals surface area contributed by atoms with Gasteiger partial charge in [-0.25, -0.2) is 0 Å². The maximum atomic E-state index is 13.9. The summed E-state index contributed by atoms with van der Waals surface area (Å²) in [7, 11) is -6.76. The summed E-state index contributed by atoms with van der Waals surface area (Å²) < 4.78 is 333. The summed E-state index contributed by atoms with van der Waals surface area (Å²) in [5, 5.41) is -4.92. The van der Waals surface area contributed by atoms with Gasteiger partial charge in [0.25, 0.3) is 0 Å². The van der Waals surface area contributed by atoms with Gasteiger partial charge in [0, 0.05) is 0 Å². The van der Waals surface area contributed by atoms with E-state index in [1.165, 1.54) is 0 Å². The summed E-state index contributed by atoms with van der Waals surface area (Å²) in [6.07, 6.45) is -48.8. The van der Waals surface area contributed by atoms with Crippen LogP contribution in [0.1, 0.15) is 50.9 Å². The molecule has 0 spiro atoms. The minimum atomic E-state index is -5.67. The van der Waals surface area contributed by atoms with Gasteiger partial charge in [-0.1, -0.05) is 0 Å². The summed E-state index contributed by atoms with van der Waals surface area (Å²) in [6, 6.07) is -2.53. The Hall–Kier alpha value is -3.94. The lowest BCUT2D eigenvalue weighted by molar-refractivity contribution is -0.144. The van der Waals surface area contributed by atoms with Crippen molar-refractivity contribution in [3.05, 3.63) is 117 Å². The quantitative estimate of drug-likeness (QED) is 0.122. The van der Waals surface area contributed by atoms with Crippen molar-refractivity contribution in [1.82, 2.24) is 0 Å². The maximum Gasteiger partial charge on any atom is 0.416 e. The van der Waals surface area contributed by atoms with Crippen LogP contribution in [0.2, 0.25) is 0 Å². The van der Waals surface area contributed by atoms with E-state index in [-0.39, 0.29) is 48.5 Å². The van der Waals surface area contributed by atoms with Gasteiger partial charge in [0.15, 0.2) is 0 Å². The number of benzene rings is 4. The van der Waals surface area contributed by atoms with Gasteiger partial charge in [-0.2, -0.15) is 105 Å². The molecule has 0 aromatic heterocycles. The van der Waals surface area contributed by atoms with Crippen molar-refractivity contribution >= 4 is 37.1 Å². The zero-order valence-corrected chi connectivity index (χ0v) is 30.8. The van der Waals surface area contributed by atoms with E-state index >= 15 is 0 Å². The largest absolute Gasteiger partial charge is 0.416 e. The van der Waals surface area contributed by atoms with Crippen LogP contribution < -0.4 is 21.2 Å². The highest BCUT2D eigenvalue weighted by molar-refractivity contribution is 7.74. The molecule has 0 saturated carbocycles. The second kappa shape index (κ2) is 16.6. The van der Waals surface area contributed by atoms with Crippen molar-refractivity contribution in [3.8, 4) is 0 Å². The molecule has 0 N–H and O–H groups in total. The molecule has 4 aromatic rings. The van der Waals surface area contributed by atoms with Crippen molar-refractivity contribution in [2.45, 2.75) is 55.8 Å². The highest BCUT2D eigenvalue weighted by atomic mass is 31.1. The van der Waals surface area contributed by atoms with Crippen molar-refractivity contribution in [3.63, 3.8) is 0 Å². The smallest absolute Gasteiger partial charge is 0.166 e. The molecule has 0 aliphatic carbocycles. The number of halogens is 24. The SMILES string of the molecule is FC(F)(F)c1cc(P(CCCP(c2cc(C(F)(F)F)cc(C(F)(F)F)c2)c2cc(C(F)(F)F)cc(C(F)(F)F)c2)c2cc(C(F)(F)F)cc(C(F)(F)F)c2)cc(C(F)(F)F)c1. The fraction of sp³-hybridized carbons (Fsp3) is 0.314. The van der Waals surface area contributed by atoms with Crippen LogP contribution in [0.25, 0.3) is 0 Å². The van der Waals surface area contributed by atoms with E-state index < -0.39 is 174 Å². The first-order chi connectivity index (χ1) is 27.3. The molecular formula is C35H18F24P2. The number of hydrogen-bond donors (Lipinski definition) is 0. The predicted molar refractivity (Wildman–Crippen MR) is 173 cm³/mol. The average molecular weight is 956 g/mol. The topological polar surface area (TPSA) is 0 Å². The molecule has 0 fully saturated rings. The van der Waals surface area contributed by atoms with Gasteiger partial charge in [0.05, 0.1) is 44.5 Å². The average Bonchev–Trinajstić information content (AvgIpc) is 3.08. The summed E-state index contributed by atoms with van der Waals surface area (Å²) in [4.78, 5) is 0.